The zero-order valence-electron chi connectivity index (χ0n) is 10.6. The number of benzene rings is 1. The van der Waals surface area contributed by atoms with E-state index in [0.717, 1.165) is 5.39 Å². The van der Waals surface area contributed by atoms with Crippen molar-refractivity contribution in [2.45, 2.75) is 0 Å². The van der Waals surface area contributed by atoms with Gasteiger partial charge in [-0.15, -0.1) is 0 Å². The number of thiocarbonyl (C=S) groups is 1. The standard InChI is InChI=1S/C14H9BrFN3OS/c15-12-9-1-2-19-11(9)4-10(16)13(12)20-8-3-7(14(17)21)5-18-6-8/h1-6,19H,(H2,17,21). The number of hydrogen-bond donors (Lipinski definition) is 2. The molecule has 0 fully saturated rings. The molecule has 3 aromatic rings. The summed E-state index contributed by atoms with van der Waals surface area (Å²) in [6.45, 7) is 0. The Bertz CT molecular complexity index is 849. The van der Waals surface area contributed by atoms with E-state index in [2.05, 4.69) is 25.9 Å². The Labute approximate surface area is 133 Å². The number of fused-ring (bicyclic) bond motifs is 1. The van der Waals surface area contributed by atoms with Gasteiger partial charge in [0.15, 0.2) is 11.6 Å². The van der Waals surface area contributed by atoms with E-state index in [1.54, 1.807) is 12.3 Å². The molecule has 3 N–H and O–H groups in total. The smallest absolute Gasteiger partial charge is 0.178 e. The van der Waals surface area contributed by atoms with Crippen LogP contribution in [0.4, 0.5) is 4.39 Å². The number of pyridine rings is 1. The Morgan fingerprint density at radius 1 is 1.38 bits per heavy atom. The highest BCUT2D eigenvalue weighted by Gasteiger charge is 2.15. The van der Waals surface area contributed by atoms with E-state index in [1.165, 1.54) is 18.5 Å². The molecular formula is C14H9BrFN3OS. The second-order valence-corrected chi connectivity index (χ2v) is 5.55. The first-order chi connectivity index (χ1) is 10.1. The van der Waals surface area contributed by atoms with Crippen LogP contribution in [0.25, 0.3) is 10.9 Å². The number of nitrogens with two attached hydrogens (primary N) is 1. The summed E-state index contributed by atoms with van der Waals surface area (Å²) in [4.78, 5) is 7.12. The van der Waals surface area contributed by atoms with E-state index in [-0.39, 0.29) is 10.7 Å². The summed E-state index contributed by atoms with van der Waals surface area (Å²) in [5, 5.41) is 0.824. The van der Waals surface area contributed by atoms with Crippen molar-refractivity contribution in [2.75, 3.05) is 0 Å². The zero-order valence-corrected chi connectivity index (χ0v) is 13.0. The van der Waals surface area contributed by atoms with Crippen LogP contribution < -0.4 is 10.5 Å². The predicted octanol–water partition coefficient (Wildman–Crippen LogP) is 3.89. The van der Waals surface area contributed by atoms with Gasteiger partial charge in [-0.1, -0.05) is 12.2 Å². The molecule has 0 spiro atoms. The van der Waals surface area contributed by atoms with Crippen LogP contribution in [0.1, 0.15) is 5.56 Å². The van der Waals surface area contributed by atoms with E-state index >= 15 is 0 Å². The predicted molar refractivity (Wildman–Crippen MR) is 86.2 cm³/mol. The molecule has 0 aliphatic heterocycles. The minimum Gasteiger partial charge on any atom is -0.451 e. The molecule has 0 aliphatic rings. The minimum absolute atomic E-state index is 0.0870. The highest BCUT2D eigenvalue weighted by molar-refractivity contribution is 9.10. The van der Waals surface area contributed by atoms with E-state index in [9.17, 15) is 4.39 Å². The van der Waals surface area contributed by atoms with Crippen LogP contribution in [0.15, 0.2) is 41.3 Å². The number of H-pyrrole nitrogens is 1. The number of ether oxygens (including phenoxy) is 1. The number of rotatable bonds is 3. The number of aromatic amines is 1. The lowest BCUT2D eigenvalue weighted by molar-refractivity contribution is 0.439. The number of nitrogens with zero attached hydrogens (tertiary/aromatic N) is 1. The van der Waals surface area contributed by atoms with Gasteiger partial charge in [-0.05, 0) is 28.1 Å². The summed E-state index contributed by atoms with van der Waals surface area (Å²) in [6.07, 6.45) is 4.72. The molecular weight excluding hydrogens is 357 g/mol. The van der Waals surface area contributed by atoms with E-state index in [4.69, 9.17) is 22.7 Å². The molecule has 0 atom stereocenters. The number of hydrogen-bond acceptors (Lipinski definition) is 3. The van der Waals surface area contributed by atoms with Crippen molar-refractivity contribution in [3.8, 4) is 11.5 Å². The van der Waals surface area contributed by atoms with E-state index in [0.29, 0.717) is 21.3 Å². The van der Waals surface area contributed by atoms with Crippen molar-refractivity contribution in [1.82, 2.24) is 9.97 Å². The van der Waals surface area contributed by atoms with Crippen molar-refractivity contribution < 1.29 is 9.13 Å². The van der Waals surface area contributed by atoms with Crippen LogP contribution in [-0.2, 0) is 0 Å². The van der Waals surface area contributed by atoms with E-state index < -0.39 is 5.82 Å². The molecule has 0 radical (unpaired) electrons. The van der Waals surface area contributed by atoms with Crippen LogP contribution >= 0.6 is 28.1 Å². The van der Waals surface area contributed by atoms with Crippen molar-refractivity contribution >= 4 is 44.0 Å². The summed E-state index contributed by atoms with van der Waals surface area (Å²) in [7, 11) is 0. The first-order valence-corrected chi connectivity index (χ1v) is 7.14. The molecule has 0 saturated carbocycles. The number of nitrogens with one attached hydrogen (secondary N) is 1. The molecule has 4 nitrogen and oxygen atoms in total. The molecule has 7 heteroatoms. The average Bonchev–Trinajstić information content (AvgIpc) is 2.92. The van der Waals surface area contributed by atoms with Gasteiger partial charge in [0.2, 0.25) is 0 Å². The van der Waals surface area contributed by atoms with Gasteiger partial charge in [0.05, 0.1) is 10.7 Å². The Morgan fingerprint density at radius 2 is 2.19 bits per heavy atom. The van der Waals surface area contributed by atoms with Gasteiger partial charge in [0, 0.05) is 34.9 Å². The molecule has 3 rings (SSSR count). The summed E-state index contributed by atoms with van der Waals surface area (Å²) in [5.74, 6) is -0.0451. The topological polar surface area (TPSA) is 63.9 Å². The molecule has 0 bridgehead atoms. The first-order valence-electron chi connectivity index (χ1n) is 5.94. The molecule has 106 valence electrons. The third-order valence-corrected chi connectivity index (χ3v) is 3.94. The molecule has 0 amide bonds. The molecule has 0 saturated heterocycles. The number of halogens is 2. The average molecular weight is 366 g/mol. The highest BCUT2D eigenvalue weighted by atomic mass is 79.9. The van der Waals surface area contributed by atoms with Crippen molar-refractivity contribution in [2.24, 2.45) is 5.73 Å². The second kappa shape index (κ2) is 5.42. The third kappa shape index (κ3) is 2.62. The fourth-order valence-electron chi connectivity index (χ4n) is 1.93. The Balaban J connectivity index is 2.05. The summed E-state index contributed by atoms with van der Waals surface area (Å²) in [5.41, 5.74) is 6.78. The van der Waals surface area contributed by atoms with Crippen LogP contribution in [0.5, 0.6) is 11.5 Å². The highest BCUT2D eigenvalue weighted by Crippen LogP contribution is 2.37. The van der Waals surface area contributed by atoms with Crippen molar-refractivity contribution in [3.63, 3.8) is 0 Å². The van der Waals surface area contributed by atoms with Crippen LogP contribution in [0.3, 0.4) is 0 Å². The van der Waals surface area contributed by atoms with Crippen LogP contribution in [-0.4, -0.2) is 15.0 Å². The summed E-state index contributed by atoms with van der Waals surface area (Å²) < 4.78 is 20.3. The zero-order chi connectivity index (χ0) is 15.0. The van der Waals surface area contributed by atoms with Gasteiger partial charge in [-0.2, -0.15) is 0 Å². The summed E-state index contributed by atoms with van der Waals surface area (Å²) >= 11 is 8.25. The SMILES string of the molecule is NC(=S)c1cncc(Oc2c(F)cc3[nH]ccc3c2Br)c1. The lowest BCUT2D eigenvalue weighted by atomic mass is 10.2. The van der Waals surface area contributed by atoms with Gasteiger partial charge < -0.3 is 15.5 Å². The molecule has 0 unspecified atom stereocenters. The fraction of sp³-hybridized carbons (Fsp3) is 0. The summed E-state index contributed by atoms with van der Waals surface area (Å²) in [6, 6.07) is 4.82. The van der Waals surface area contributed by atoms with Crippen molar-refractivity contribution in [1.29, 1.82) is 0 Å². The van der Waals surface area contributed by atoms with Crippen LogP contribution in [0, 0.1) is 5.82 Å². The molecule has 2 heterocycles. The van der Waals surface area contributed by atoms with Crippen molar-refractivity contribution in [3.05, 3.63) is 52.6 Å². The molecule has 1 aromatic carbocycles. The largest absolute Gasteiger partial charge is 0.451 e. The maximum Gasteiger partial charge on any atom is 0.178 e. The van der Waals surface area contributed by atoms with Gasteiger partial charge >= 0.3 is 0 Å². The first kappa shape index (κ1) is 14.0. The Hall–Kier alpha value is -1.99. The van der Waals surface area contributed by atoms with E-state index in [1.807, 2.05) is 6.07 Å². The Kier molecular flexibility index (Phi) is 3.60. The van der Waals surface area contributed by atoms with Gasteiger partial charge in [-0.25, -0.2) is 4.39 Å². The number of aromatic nitrogens is 2. The maximum absolute atomic E-state index is 14.2. The van der Waals surface area contributed by atoms with Crippen LogP contribution in [0.2, 0.25) is 0 Å². The fourth-order valence-corrected chi connectivity index (χ4v) is 2.66. The quantitative estimate of drug-likeness (QED) is 0.691. The normalized spacial score (nSPS) is 10.8. The van der Waals surface area contributed by atoms with Gasteiger partial charge in [0.1, 0.15) is 10.7 Å². The van der Waals surface area contributed by atoms with Gasteiger partial charge in [0.25, 0.3) is 0 Å². The Morgan fingerprint density at radius 3 is 2.95 bits per heavy atom. The molecule has 0 aliphatic carbocycles. The molecule has 21 heavy (non-hydrogen) atoms. The molecule has 2 aromatic heterocycles. The monoisotopic (exact) mass is 365 g/mol. The lowest BCUT2D eigenvalue weighted by Gasteiger charge is -2.10. The third-order valence-electron chi connectivity index (χ3n) is 2.92. The maximum atomic E-state index is 14.2. The van der Waals surface area contributed by atoms with Gasteiger partial charge in [-0.3, -0.25) is 4.98 Å². The lowest BCUT2D eigenvalue weighted by Crippen LogP contribution is -2.09. The second-order valence-electron chi connectivity index (χ2n) is 4.32. The minimum atomic E-state index is -0.488.